The summed E-state index contributed by atoms with van der Waals surface area (Å²) in [5, 5.41) is 10.8. The van der Waals surface area contributed by atoms with Gasteiger partial charge in [0, 0.05) is 42.3 Å². The minimum atomic E-state index is 0.853. The van der Waals surface area contributed by atoms with Crippen LogP contribution in [0.5, 0.6) is 0 Å². The maximum Gasteiger partial charge on any atom is 0.0346 e. The average molecular weight is 651 g/mol. The lowest BCUT2D eigenvalue weighted by Crippen LogP contribution is -1.92. The Labute approximate surface area is 286 Å². The van der Waals surface area contributed by atoms with E-state index in [-0.39, 0.29) is 0 Å². The number of nitrogens with two attached hydrogens (primary N) is 2. The molecule has 0 radical (unpaired) electrons. The van der Waals surface area contributed by atoms with Gasteiger partial charge in [0.05, 0.1) is 0 Å². The number of allylic oxidation sites excluding steroid dienone is 2. The van der Waals surface area contributed by atoms with Gasteiger partial charge in [-0.15, -0.1) is 24.4 Å². The number of aryl methyl sites for hydroxylation is 1. The van der Waals surface area contributed by atoms with Crippen LogP contribution >= 0.6 is 24.4 Å². The van der Waals surface area contributed by atoms with Gasteiger partial charge in [0.2, 0.25) is 0 Å². The first-order chi connectivity index (χ1) is 23.0. The molecule has 6 heteroatoms. The lowest BCUT2D eigenvalue weighted by atomic mass is 9.89. The summed E-state index contributed by atoms with van der Waals surface area (Å²) in [5.74, 6) is 0.853. The number of thioether (sulfide) groups is 1. The van der Waals surface area contributed by atoms with Gasteiger partial charge in [0.15, 0.2) is 0 Å². The molecule has 5 aromatic carbocycles. The van der Waals surface area contributed by atoms with Crippen molar-refractivity contribution in [3.63, 3.8) is 0 Å². The second-order valence-electron chi connectivity index (χ2n) is 11.1. The molecule has 1 heterocycles. The molecular weight excluding hydrogens is 613 g/mol. The Kier molecular flexibility index (Phi) is 11.3. The van der Waals surface area contributed by atoms with E-state index in [1.165, 1.54) is 66.2 Å². The molecule has 47 heavy (non-hydrogen) atoms. The van der Waals surface area contributed by atoms with Crippen LogP contribution in [0.25, 0.3) is 60.1 Å². The number of hydrogen-bond acceptors (Lipinski definition) is 6. The Hall–Kier alpha value is -5.04. The van der Waals surface area contributed by atoms with Crippen LogP contribution in [-0.2, 0) is 0 Å². The summed E-state index contributed by atoms with van der Waals surface area (Å²) < 4.78 is 0. The zero-order valence-electron chi connectivity index (χ0n) is 26.6. The molecule has 4 nitrogen and oxygen atoms in total. The monoisotopic (exact) mass is 650 g/mol. The van der Waals surface area contributed by atoms with Gasteiger partial charge in [-0.25, -0.2) is 0 Å². The minimum absolute atomic E-state index is 0.853. The summed E-state index contributed by atoms with van der Waals surface area (Å²) in [5.41, 5.74) is 20.9. The summed E-state index contributed by atoms with van der Waals surface area (Å²) in [6.45, 7) is 7.37. The van der Waals surface area contributed by atoms with Crippen LogP contribution in [0, 0.1) is 6.92 Å². The van der Waals surface area contributed by atoms with Crippen LogP contribution in [-0.4, -0.2) is 17.5 Å². The van der Waals surface area contributed by atoms with Gasteiger partial charge < -0.3 is 11.5 Å². The van der Waals surface area contributed by atoms with Gasteiger partial charge in [-0.05, 0) is 121 Å². The summed E-state index contributed by atoms with van der Waals surface area (Å²) in [4.78, 5) is 7.79. The van der Waals surface area contributed by atoms with E-state index in [1.807, 2.05) is 17.8 Å². The number of aromatic nitrogens is 1. The molecule has 1 aromatic heterocycles. The quantitative estimate of drug-likeness (QED) is 0.0663. The number of fused-ring (bicyclic) bond motifs is 6. The first-order valence-electron chi connectivity index (χ1n) is 15.2. The smallest absolute Gasteiger partial charge is 0.0346 e. The van der Waals surface area contributed by atoms with Crippen molar-refractivity contribution in [2.75, 3.05) is 5.75 Å². The Morgan fingerprint density at radius 1 is 0.787 bits per heavy atom. The van der Waals surface area contributed by atoms with Crippen molar-refractivity contribution in [2.45, 2.75) is 13.8 Å². The fraction of sp³-hybridized carbons (Fsp3) is 0.0732. The molecule has 4 N–H and O–H groups in total. The first-order valence-corrected chi connectivity index (χ1v) is 16.8. The van der Waals surface area contributed by atoms with Crippen LogP contribution in [0.4, 0.5) is 0 Å². The molecule has 0 aliphatic rings. The molecular formula is C41H38N4S2. The third-order valence-corrected chi connectivity index (χ3v) is 8.92. The highest BCUT2D eigenvalue weighted by Crippen LogP contribution is 2.40. The van der Waals surface area contributed by atoms with Crippen molar-refractivity contribution in [3.8, 4) is 22.3 Å². The molecule has 234 valence electrons. The number of pyridine rings is 1. The third kappa shape index (κ3) is 7.86. The van der Waals surface area contributed by atoms with E-state index >= 15 is 0 Å². The molecule has 0 bridgehead atoms. The van der Waals surface area contributed by atoms with Gasteiger partial charge in [0.25, 0.3) is 0 Å². The number of benzene rings is 5. The second-order valence-corrected chi connectivity index (χ2v) is 12.3. The Morgan fingerprint density at radius 2 is 1.43 bits per heavy atom. The van der Waals surface area contributed by atoms with Crippen molar-refractivity contribution in [3.05, 3.63) is 156 Å². The van der Waals surface area contributed by atoms with Gasteiger partial charge >= 0.3 is 0 Å². The Bertz CT molecular complexity index is 2160. The third-order valence-electron chi connectivity index (χ3n) is 7.82. The zero-order valence-corrected chi connectivity index (χ0v) is 28.3. The van der Waals surface area contributed by atoms with Crippen molar-refractivity contribution >= 4 is 69.0 Å². The fourth-order valence-electron chi connectivity index (χ4n) is 5.71. The van der Waals surface area contributed by atoms with E-state index in [2.05, 4.69) is 140 Å². The van der Waals surface area contributed by atoms with Gasteiger partial charge in [0.1, 0.15) is 0 Å². The van der Waals surface area contributed by atoms with E-state index in [4.69, 9.17) is 11.5 Å². The van der Waals surface area contributed by atoms with Gasteiger partial charge in [-0.2, -0.15) is 0 Å². The summed E-state index contributed by atoms with van der Waals surface area (Å²) in [6.07, 6.45) is 10.8. The van der Waals surface area contributed by atoms with Crippen molar-refractivity contribution < 1.29 is 0 Å². The topological polar surface area (TPSA) is 77.3 Å². The molecule has 0 spiro atoms. The SMILES string of the molecule is C/C(=C\C(=C/N)c1ccc2c3ccc(-c4cncc(C)c4)cc3c3ccc(-c4ccccc4)cc3c2c1)CS/C=C\N.C=N/C=C\S. The van der Waals surface area contributed by atoms with E-state index < -0.39 is 0 Å². The highest BCUT2D eigenvalue weighted by atomic mass is 32.2. The number of aliphatic imine (C=N–C) groups is 1. The largest absolute Gasteiger partial charge is 0.404 e. The molecule has 0 aliphatic carbocycles. The molecule has 0 aliphatic heterocycles. The van der Waals surface area contributed by atoms with E-state index in [0.29, 0.717) is 0 Å². The second kappa shape index (κ2) is 16.0. The highest BCUT2D eigenvalue weighted by molar-refractivity contribution is 8.02. The molecule has 0 atom stereocenters. The Balaban J connectivity index is 0.000000807. The predicted molar refractivity (Wildman–Crippen MR) is 212 cm³/mol. The molecule has 6 rings (SSSR count). The van der Waals surface area contributed by atoms with E-state index in [0.717, 1.165) is 28.0 Å². The van der Waals surface area contributed by atoms with Crippen LogP contribution in [0.15, 0.2) is 149 Å². The summed E-state index contributed by atoms with van der Waals surface area (Å²) in [6, 6.07) is 33.1. The molecule has 0 fully saturated rings. The maximum absolute atomic E-state index is 6.19. The molecule has 0 unspecified atom stereocenters. The van der Waals surface area contributed by atoms with Crippen LogP contribution in [0.2, 0.25) is 0 Å². The minimum Gasteiger partial charge on any atom is -0.404 e. The van der Waals surface area contributed by atoms with Gasteiger partial charge in [-0.1, -0.05) is 78.4 Å². The fourth-order valence-corrected chi connectivity index (χ4v) is 6.35. The van der Waals surface area contributed by atoms with Crippen molar-refractivity contribution in [2.24, 2.45) is 16.5 Å². The van der Waals surface area contributed by atoms with Crippen LogP contribution < -0.4 is 11.5 Å². The van der Waals surface area contributed by atoms with Crippen molar-refractivity contribution in [1.29, 1.82) is 0 Å². The normalized spacial score (nSPS) is 12.2. The number of thiol groups is 1. The Morgan fingerprint density at radius 3 is 2.04 bits per heavy atom. The number of rotatable bonds is 8. The predicted octanol–water partition coefficient (Wildman–Crippen LogP) is 10.7. The molecule has 0 saturated carbocycles. The van der Waals surface area contributed by atoms with Crippen LogP contribution in [0.1, 0.15) is 18.1 Å². The number of nitrogens with zero attached hydrogens (tertiary/aromatic N) is 2. The average Bonchev–Trinajstić information content (AvgIpc) is 3.11. The lowest BCUT2D eigenvalue weighted by molar-refractivity contribution is 1.27. The molecule has 6 aromatic rings. The summed E-state index contributed by atoms with van der Waals surface area (Å²) in [7, 11) is 0. The van der Waals surface area contributed by atoms with Crippen molar-refractivity contribution in [1.82, 2.24) is 4.98 Å². The standard InChI is InChI=1S/C38H33N3S.C3H5NS/c1-25-16-32(23-41-22-25)30-10-12-33-34-11-9-29(31(21-40)17-26(2)24-42-15-14-39)19-37(34)38-18-28(27-6-4-3-5-7-27)8-13-35(38)36(33)20-30;1-4-2-3-5/h3-23H,24,39-40H2,1-2H3;2-3,5H,1H2/b15-14-,26-17+,31-21+;3-2-. The maximum atomic E-state index is 6.19. The number of hydrogen-bond donors (Lipinski definition) is 3. The first kappa shape index (κ1) is 33.3. The molecule has 0 amide bonds. The van der Waals surface area contributed by atoms with E-state index in [9.17, 15) is 0 Å². The highest BCUT2D eigenvalue weighted by Gasteiger charge is 2.13. The van der Waals surface area contributed by atoms with E-state index in [1.54, 1.807) is 24.2 Å². The lowest BCUT2D eigenvalue weighted by Gasteiger charge is -2.15. The van der Waals surface area contributed by atoms with Gasteiger partial charge in [-0.3, -0.25) is 9.98 Å². The summed E-state index contributed by atoms with van der Waals surface area (Å²) >= 11 is 5.36. The van der Waals surface area contributed by atoms with Crippen LogP contribution in [0.3, 0.4) is 0 Å². The zero-order chi connectivity index (χ0) is 33.2. The molecule has 0 saturated heterocycles.